The Labute approximate surface area is 160 Å². The second-order valence-electron chi connectivity index (χ2n) is 6.93. The van der Waals surface area contributed by atoms with Gasteiger partial charge in [0.05, 0.1) is 0 Å². The fraction of sp³-hybridized carbons (Fsp3) is 0.650. The van der Waals surface area contributed by atoms with Gasteiger partial charge in [0.15, 0.2) is 5.96 Å². The first-order valence-corrected chi connectivity index (χ1v) is 9.65. The molecule has 2 N–H and O–H groups in total. The molecule has 1 aliphatic rings. The van der Waals surface area contributed by atoms with Crippen molar-refractivity contribution >= 4 is 5.96 Å². The van der Waals surface area contributed by atoms with E-state index < -0.39 is 11.6 Å². The molecule has 1 saturated heterocycles. The topological polar surface area (TPSA) is 54.9 Å². The van der Waals surface area contributed by atoms with Crippen LogP contribution in [0, 0.1) is 17.6 Å². The normalized spacial score (nSPS) is 17.0. The van der Waals surface area contributed by atoms with Gasteiger partial charge in [-0.2, -0.15) is 0 Å². The number of nitrogens with zero attached hydrogens (tertiary/aromatic N) is 1. The quantitative estimate of drug-likeness (QED) is 0.391. The van der Waals surface area contributed by atoms with Gasteiger partial charge in [-0.1, -0.05) is 13.0 Å². The Morgan fingerprint density at radius 1 is 1.30 bits per heavy atom. The number of ether oxygens (including phenoxy) is 2. The molecule has 0 bridgehead atoms. The van der Waals surface area contributed by atoms with Crippen molar-refractivity contribution in [3.05, 3.63) is 35.4 Å². The Morgan fingerprint density at radius 2 is 2.07 bits per heavy atom. The van der Waals surface area contributed by atoms with E-state index in [9.17, 15) is 8.78 Å². The van der Waals surface area contributed by atoms with Gasteiger partial charge in [-0.15, -0.1) is 0 Å². The van der Waals surface area contributed by atoms with Crippen molar-refractivity contribution in [2.75, 3.05) is 46.6 Å². The van der Waals surface area contributed by atoms with Crippen LogP contribution in [0.1, 0.15) is 37.7 Å². The van der Waals surface area contributed by atoms with Crippen LogP contribution in [0.25, 0.3) is 0 Å². The molecule has 1 aromatic rings. The van der Waals surface area contributed by atoms with E-state index in [4.69, 9.17) is 9.47 Å². The second kappa shape index (κ2) is 11.9. The lowest BCUT2D eigenvalue weighted by molar-refractivity contribution is 0.0203. The van der Waals surface area contributed by atoms with Crippen LogP contribution in [0.4, 0.5) is 8.78 Å². The summed E-state index contributed by atoms with van der Waals surface area (Å²) in [5, 5.41) is 6.40. The van der Waals surface area contributed by atoms with Gasteiger partial charge in [-0.3, -0.25) is 4.99 Å². The summed E-state index contributed by atoms with van der Waals surface area (Å²) in [4.78, 5) is 4.17. The molecule has 152 valence electrons. The van der Waals surface area contributed by atoms with E-state index in [0.717, 1.165) is 51.7 Å². The first-order valence-electron chi connectivity index (χ1n) is 9.65. The van der Waals surface area contributed by atoms with Crippen LogP contribution in [-0.4, -0.2) is 52.5 Å². The fourth-order valence-electron chi connectivity index (χ4n) is 3.03. The Kier molecular flexibility index (Phi) is 9.48. The van der Waals surface area contributed by atoms with Crippen molar-refractivity contribution in [2.24, 2.45) is 10.9 Å². The summed E-state index contributed by atoms with van der Waals surface area (Å²) in [5.41, 5.74) is 0.487. The Hall–Kier alpha value is -1.73. The lowest BCUT2D eigenvalue weighted by atomic mass is 10.0. The average molecular weight is 383 g/mol. The van der Waals surface area contributed by atoms with Crippen molar-refractivity contribution in [1.29, 1.82) is 0 Å². The second-order valence-corrected chi connectivity index (χ2v) is 6.93. The van der Waals surface area contributed by atoms with Crippen molar-refractivity contribution in [3.8, 4) is 0 Å². The number of guanidine groups is 1. The summed E-state index contributed by atoms with van der Waals surface area (Å²) in [6, 6.07) is 3.69. The third kappa shape index (κ3) is 7.81. The monoisotopic (exact) mass is 383 g/mol. The molecule has 2 rings (SSSR count). The summed E-state index contributed by atoms with van der Waals surface area (Å²) < 4.78 is 37.9. The van der Waals surface area contributed by atoms with E-state index >= 15 is 0 Å². The number of nitrogens with one attached hydrogen (secondary N) is 2. The molecule has 0 radical (unpaired) electrons. The predicted molar refractivity (Wildman–Crippen MR) is 103 cm³/mol. The highest BCUT2D eigenvalue weighted by molar-refractivity contribution is 5.79. The van der Waals surface area contributed by atoms with Gasteiger partial charge < -0.3 is 20.1 Å². The van der Waals surface area contributed by atoms with Crippen LogP contribution >= 0.6 is 0 Å². The standard InChI is InChI=1S/C20H31F2N3O2/c1-15(18-5-4-17(21)12-19(18)22)13-25-20(23-2)24-8-3-9-27-14-16-6-10-26-11-7-16/h4-5,12,15-16H,3,6-11,13-14H2,1-2H3,(H2,23,24,25). The van der Waals surface area contributed by atoms with Gasteiger partial charge in [0.1, 0.15) is 11.6 Å². The molecule has 5 nitrogen and oxygen atoms in total. The third-order valence-corrected chi connectivity index (χ3v) is 4.75. The predicted octanol–water partition coefficient (Wildman–Crippen LogP) is 3.07. The van der Waals surface area contributed by atoms with Gasteiger partial charge in [-0.05, 0) is 36.8 Å². The zero-order valence-corrected chi connectivity index (χ0v) is 16.3. The molecule has 1 unspecified atom stereocenters. The highest BCUT2D eigenvalue weighted by Crippen LogP contribution is 2.19. The van der Waals surface area contributed by atoms with Crippen LogP contribution in [0.5, 0.6) is 0 Å². The maximum atomic E-state index is 13.8. The van der Waals surface area contributed by atoms with Crippen LogP contribution < -0.4 is 10.6 Å². The van der Waals surface area contributed by atoms with Gasteiger partial charge in [0, 0.05) is 58.5 Å². The number of rotatable bonds is 9. The largest absolute Gasteiger partial charge is 0.381 e. The van der Waals surface area contributed by atoms with Crippen LogP contribution in [0.15, 0.2) is 23.2 Å². The summed E-state index contributed by atoms with van der Waals surface area (Å²) in [5.74, 6) is 0.0945. The van der Waals surface area contributed by atoms with Crippen molar-refractivity contribution in [1.82, 2.24) is 10.6 Å². The van der Waals surface area contributed by atoms with Crippen LogP contribution in [0.3, 0.4) is 0 Å². The van der Waals surface area contributed by atoms with Crippen molar-refractivity contribution in [3.63, 3.8) is 0 Å². The molecule has 1 aliphatic heterocycles. The molecule has 27 heavy (non-hydrogen) atoms. The minimum Gasteiger partial charge on any atom is -0.381 e. The summed E-state index contributed by atoms with van der Waals surface area (Å²) in [7, 11) is 1.69. The van der Waals surface area contributed by atoms with E-state index in [1.165, 1.54) is 12.1 Å². The van der Waals surface area contributed by atoms with Crippen LogP contribution in [0.2, 0.25) is 0 Å². The molecule has 0 amide bonds. The van der Waals surface area contributed by atoms with Crippen molar-refractivity contribution in [2.45, 2.75) is 32.1 Å². The van der Waals surface area contributed by atoms with E-state index in [-0.39, 0.29) is 5.92 Å². The molecular formula is C20H31F2N3O2. The van der Waals surface area contributed by atoms with E-state index in [1.807, 2.05) is 6.92 Å². The average Bonchev–Trinajstić information content (AvgIpc) is 2.67. The molecule has 7 heteroatoms. The highest BCUT2D eigenvalue weighted by atomic mass is 19.1. The maximum absolute atomic E-state index is 13.8. The Morgan fingerprint density at radius 3 is 2.78 bits per heavy atom. The van der Waals surface area contributed by atoms with E-state index in [0.29, 0.717) is 30.6 Å². The molecule has 0 saturated carbocycles. The smallest absolute Gasteiger partial charge is 0.190 e. The zero-order chi connectivity index (χ0) is 19.5. The summed E-state index contributed by atoms with van der Waals surface area (Å²) in [6.45, 7) is 6.33. The fourth-order valence-corrected chi connectivity index (χ4v) is 3.03. The van der Waals surface area contributed by atoms with Gasteiger partial charge in [0.25, 0.3) is 0 Å². The first kappa shape index (κ1) is 21.6. The highest BCUT2D eigenvalue weighted by Gasteiger charge is 2.14. The van der Waals surface area contributed by atoms with E-state index in [1.54, 1.807) is 7.05 Å². The molecule has 0 aromatic heterocycles. The molecule has 1 aromatic carbocycles. The number of benzene rings is 1. The van der Waals surface area contributed by atoms with E-state index in [2.05, 4.69) is 15.6 Å². The lowest BCUT2D eigenvalue weighted by Gasteiger charge is -2.21. The third-order valence-electron chi connectivity index (χ3n) is 4.75. The number of hydrogen-bond donors (Lipinski definition) is 2. The number of aliphatic imine (C=N–C) groups is 1. The molecule has 0 aliphatic carbocycles. The lowest BCUT2D eigenvalue weighted by Crippen LogP contribution is -2.39. The molecule has 1 atom stereocenters. The van der Waals surface area contributed by atoms with Crippen molar-refractivity contribution < 1.29 is 18.3 Å². The molecule has 0 spiro atoms. The zero-order valence-electron chi connectivity index (χ0n) is 16.3. The number of hydrogen-bond acceptors (Lipinski definition) is 3. The van der Waals surface area contributed by atoms with Gasteiger partial charge in [0.2, 0.25) is 0 Å². The van der Waals surface area contributed by atoms with Gasteiger partial charge >= 0.3 is 0 Å². The minimum absolute atomic E-state index is 0.105. The Bertz CT molecular complexity index is 593. The van der Waals surface area contributed by atoms with Gasteiger partial charge in [-0.25, -0.2) is 8.78 Å². The summed E-state index contributed by atoms with van der Waals surface area (Å²) in [6.07, 6.45) is 3.05. The molecule has 1 fully saturated rings. The SMILES string of the molecule is CN=C(NCCCOCC1CCOCC1)NCC(C)c1ccc(F)cc1F. The first-order chi connectivity index (χ1) is 13.1. The van der Waals surface area contributed by atoms with Crippen LogP contribution in [-0.2, 0) is 9.47 Å². The summed E-state index contributed by atoms with van der Waals surface area (Å²) >= 11 is 0. The number of halogens is 2. The Balaban J connectivity index is 1.59. The molecular weight excluding hydrogens is 352 g/mol. The minimum atomic E-state index is -0.562. The molecule has 1 heterocycles. The maximum Gasteiger partial charge on any atom is 0.190 e.